The van der Waals surface area contributed by atoms with Gasteiger partial charge in [-0.25, -0.2) is 0 Å². The standard InChI is InChI=1S/C12H15BN2O3/c1-9-6-11(15(2)14-9)8-18-12-5-3-4-10(7-12)13(16)17/h3-7,16-17H,8H2,1-2H3. The average Bonchev–Trinajstić information content (AvgIpc) is 2.65. The summed E-state index contributed by atoms with van der Waals surface area (Å²) >= 11 is 0. The van der Waals surface area contributed by atoms with Gasteiger partial charge in [0.25, 0.3) is 0 Å². The van der Waals surface area contributed by atoms with E-state index in [0.29, 0.717) is 17.8 Å². The van der Waals surface area contributed by atoms with E-state index in [1.165, 1.54) is 0 Å². The van der Waals surface area contributed by atoms with E-state index in [2.05, 4.69) is 5.10 Å². The molecule has 0 amide bonds. The van der Waals surface area contributed by atoms with E-state index in [4.69, 9.17) is 14.8 Å². The Hall–Kier alpha value is -1.79. The van der Waals surface area contributed by atoms with Crippen molar-refractivity contribution in [1.29, 1.82) is 0 Å². The number of hydrogen-bond donors (Lipinski definition) is 2. The maximum atomic E-state index is 9.07. The number of aromatic nitrogens is 2. The van der Waals surface area contributed by atoms with Gasteiger partial charge in [-0.05, 0) is 30.6 Å². The Balaban J connectivity index is 2.06. The van der Waals surface area contributed by atoms with E-state index >= 15 is 0 Å². The molecule has 2 N–H and O–H groups in total. The first-order valence-corrected chi connectivity index (χ1v) is 5.64. The Morgan fingerprint density at radius 2 is 2.11 bits per heavy atom. The highest BCUT2D eigenvalue weighted by Gasteiger charge is 2.11. The molecule has 0 saturated heterocycles. The van der Waals surface area contributed by atoms with E-state index < -0.39 is 7.12 Å². The monoisotopic (exact) mass is 246 g/mol. The van der Waals surface area contributed by atoms with Crippen LogP contribution in [0.5, 0.6) is 5.75 Å². The van der Waals surface area contributed by atoms with Crippen LogP contribution in [-0.4, -0.2) is 26.9 Å². The summed E-state index contributed by atoms with van der Waals surface area (Å²) in [6, 6.07) is 8.68. The fourth-order valence-electron chi connectivity index (χ4n) is 1.72. The Morgan fingerprint density at radius 3 is 2.72 bits per heavy atom. The third-order valence-corrected chi connectivity index (χ3v) is 2.64. The molecule has 1 aromatic heterocycles. The minimum Gasteiger partial charge on any atom is -0.487 e. The number of hydrogen-bond acceptors (Lipinski definition) is 4. The second-order valence-electron chi connectivity index (χ2n) is 4.14. The third-order valence-electron chi connectivity index (χ3n) is 2.64. The van der Waals surface area contributed by atoms with Gasteiger partial charge in [0.1, 0.15) is 12.4 Å². The Morgan fingerprint density at radius 1 is 1.33 bits per heavy atom. The second-order valence-corrected chi connectivity index (χ2v) is 4.14. The maximum absolute atomic E-state index is 9.07. The highest BCUT2D eigenvalue weighted by atomic mass is 16.5. The lowest BCUT2D eigenvalue weighted by Gasteiger charge is -2.07. The van der Waals surface area contributed by atoms with Crippen LogP contribution in [0.4, 0.5) is 0 Å². The Bertz CT molecular complexity index is 540. The molecule has 0 radical (unpaired) electrons. The molecule has 0 saturated carbocycles. The lowest BCUT2D eigenvalue weighted by molar-refractivity contribution is 0.295. The lowest BCUT2D eigenvalue weighted by Crippen LogP contribution is -2.29. The van der Waals surface area contributed by atoms with Crippen molar-refractivity contribution in [3.63, 3.8) is 0 Å². The van der Waals surface area contributed by atoms with Crippen LogP contribution in [0.2, 0.25) is 0 Å². The third kappa shape index (κ3) is 2.91. The first-order chi connectivity index (χ1) is 8.56. The van der Waals surface area contributed by atoms with Crippen molar-refractivity contribution in [2.45, 2.75) is 13.5 Å². The fraction of sp³-hybridized carbons (Fsp3) is 0.250. The van der Waals surface area contributed by atoms with Gasteiger partial charge in [-0.3, -0.25) is 4.68 Å². The van der Waals surface area contributed by atoms with Crippen molar-refractivity contribution in [1.82, 2.24) is 9.78 Å². The molecule has 0 unspecified atom stereocenters. The number of benzene rings is 1. The van der Waals surface area contributed by atoms with Crippen molar-refractivity contribution in [2.75, 3.05) is 0 Å². The van der Waals surface area contributed by atoms with Crippen molar-refractivity contribution in [3.8, 4) is 5.75 Å². The molecule has 6 heteroatoms. The normalized spacial score (nSPS) is 10.4. The fourth-order valence-corrected chi connectivity index (χ4v) is 1.72. The molecule has 94 valence electrons. The molecule has 0 bridgehead atoms. The van der Waals surface area contributed by atoms with Gasteiger partial charge in [-0.1, -0.05) is 12.1 Å². The van der Waals surface area contributed by atoms with Gasteiger partial charge < -0.3 is 14.8 Å². The molecule has 0 aliphatic rings. The largest absolute Gasteiger partial charge is 0.488 e. The van der Waals surface area contributed by atoms with E-state index in [1.54, 1.807) is 28.9 Å². The zero-order chi connectivity index (χ0) is 13.1. The summed E-state index contributed by atoms with van der Waals surface area (Å²) in [5, 5.41) is 22.4. The number of nitrogens with zero attached hydrogens (tertiary/aromatic N) is 2. The van der Waals surface area contributed by atoms with Crippen molar-refractivity contribution in [2.24, 2.45) is 7.05 Å². The van der Waals surface area contributed by atoms with Gasteiger partial charge >= 0.3 is 7.12 Å². The van der Waals surface area contributed by atoms with Crippen LogP contribution in [0.3, 0.4) is 0 Å². The Labute approximate surface area is 106 Å². The van der Waals surface area contributed by atoms with Gasteiger partial charge in [0.2, 0.25) is 0 Å². The molecule has 0 aliphatic carbocycles. The highest BCUT2D eigenvalue weighted by molar-refractivity contribution is 6.58. The first kappa shape index (κ1) is 12.7. The SMILES string of the molecule is Cc1cc(COc2cccc(B(O)O)c2)n(C)n1. The predicted molar refractivity (Wildman–Crippen MR) is 68.5 cm³/mol. The summed E-state index contributed by atoms with van der Waals surface area (Å²) in [6.07, 6.45) is 0. The number of rotatable bonds is 4. The smallest absolute Gasteiger partial charge is 0.487 e. The molecule has 0 spiro atoms. The van der Waals surface area contributed by atoms with E-state index in [-0.39, 0.29) is 0 Å². The van der Waals surface area contributed by atoms with Crippen LogP contribution < -0.4 is 10.2 Å². The van der Waals surface area contributed by atoms with Gasteiger partial charge in [0.15, 0.2) is 0 Å². The summed E-state index contributed by atoms with van der Waals surface area (Å²) < 4.78 is 7.36. The molecule has 2 rings (SSSR count). The highest BCUT2D eigenvalue weighted by Crippen LogP contribution is 2.11. The van der Waals surface area contributed by atoms with Crippen molar-refractivity contribution in [3.05, 3.63) is 41.7 Å². The van der Waals surface area contributed by atoms with E-state index in [9.17, 15) is 0 Å². The minimum atomic E-state index is -1.48. The van der Waals surface area contributed by atoms with Gasteiger partial charge in [-0.2, -0.15) is 5.10 Å². The molecule has 2 aromatic rings. The summed E-state index contributed by atoms with van der Waals surface area (Å²) in [7, 11) is 0.382. The maximum Gasteiger partial charge on any atom is 0.488 e. The van der Waals surface area contributed by atoms with Crippen LogP contribution >= 0.6 is 0 Å². The van der Waals surface area contributed by atoms with Crippen molar-refractivity contribution < 1.29 is 14.8 Å². The van der Waals surface area contributed by atoms with Crippen LogP contribution in [0.1, 0.15) is 11.4 Å². The molecule has 5 nitrogen and oxygen atoms in total. The molecule has 0 atom stereocenters. The van der Waals surface area contributed by atoms with Gasteiger partial charge in [0, 0.05) is 7.05 Å². The van der Waals surface area contributed by atoms with Crippen LogP contribution in [0, 0.1) is 6.92 Å². The molecule has 18 heavy (non-hydrogen) atoms. The summed E-state index contributed by atoms with van der Waals surface area (Å²) in [6.45, 7) is 2.31. The second kappa shape index (κ2) is 5.24. The lowest BCUT2D eigenvalue weighted by atomic mass is 9.80. The van der Waals surface area contributed by atoms with Crippen LogP contribution in [-0.2, 0) is 13.7 Å². The molecular weight excluding hydrogens is 231 g/mol. The zero-order valence-corrected chi connectivity index (χ0v) is 10.4. The van der Waals surface area contributed by atoms with E-state index in [0.717, 1.165) is 11.4 Å². The predicted octanol–water partition coefficient (Wildman–Crippen LogP) is -0.0127. The number of aryl methyl sites for hydroxylation is 2. The van der Waals surface area contributed by atoms with Gasteiger partial charge in [-0.15, -0.1) is 0 Å². The Kier molecular flexibility index (Phi) is 3.69. The van der Waals surface area contributed by atoms with Crippen LogP contribution in [0.15, 0.2) is 30.3 Å². The zero-order valence-electron chi connectivity index (χ0n) is 10.4. The number of ether oxygens (including phenoxy) is 1. The topological polar surface area (TPSA) is 67.5 Å². The molecule has 1 aromatic carbocycles. The van der Waals surface area contributed by atoms with Gasteiger partial charge in [0.05, 0.1) is 11.4 Å². The minimum absolute atomic E-state index is 0.391. The summed E-state index contributed by atoms with van der Waals surface area (Å²) in [4.78, 5) is 0. The molecule has 1 heterocycles. The average molecular weight is 246 g/mol. The molecular formula is C12H15BN2O3. The quantitative estimate of drug-likeness (QED) is 0.744. The summed E-state index contributed by atoms with van der Waals surface area (Å²) in [5.41, 5.74) is 2.31. The molecule has 0 aliphatic heterocycles. The summed E-state index contributed by atoms with van der Waals surface area (Å²) in [5.74, 6) is 0.597. The van der Waals surface area contributed by atoms with Crippen LogP contribution in [0.25, 0.3) is 0 Å². The van der Waals surface area contributed by atoms with E-state index in [1.807, 2.05) is 20.0 Å². The van der Waals surface area contributed by atoms with Crippen molar-refractivity contribution >= 4 is 12.6 Å². The molecule has 0 fully saturated rings. The first-order valence-electron chi connectivity index (χ1n) is 5.64.